The maximum Gasteiger partial charge on any atom is 0.263 e. The number of aromatic nitrogens is 3. The molecule has 1 amide bonds. The Bertz CT molecular complexity index is 927. The molecular formula is C19H27ClN8O. The fourth-order valence-electron chi connectivity index (χ4n) is 3.87. The molecule has 2 aliphatic heterocycles. The molecule has 0 aliphatic carbocycles. The first-order chi connectivity index (χ1) is 13.8. The van der Waals surface area contributed by atoms with Crippen LogP contribution in [0.4, 0.5) is 23.0 Å². The van der Waals surface area contributed by atoms with E-state index in [1.54, 1.807) is 17.1 Å². The molecule has 4 rings (SSSR count). The van der Waals surface area contributed by atoms with Crippen molar-refractivity contribution in [2.75, 3.05) is 54.5 Å². The van der Waals surface area contributed by atoms with Crippen LogP contribution < -0.4 is 21.3 Å². The van der Waals surface area contributed by atoms with Crippen LogP contribution in [0.15, 0.2) is 18.5 Å². The molecule has 9 nitrogen and oxygen atoms in total. The van der Waals surface area contributed by atoms with Crippen molar-refractivity contribution in [3.8, 4) is 0 Å². The number of carbonyl (C=O) groups excluding carboxylic acids is 1. The monoisotopic (exact) mass is 418 g/mol. The number of nitrogens with two attached hydrogens (primary N) is 1. The lowest BCUT2D eigenvalue weighted by molar-refractivity contribution is 0.102. The molecule has 1 saturated heterocycles. The summed E-state index contributed by atoms with van der Waals surface area (Å²) in [6.07, 6.45) is 3.42. The van der Waals surface area contributed by atoms with Crippen molar-refractivity contribution in [2.24, 2.45) is 0 Å². The van der Waals surface area contributed by atoms with E-state index in [1.165, 1.54) is 0 Å². The molecule has 0 bridgehead atoms. The highest BCUT2D eigenvalue weighted by Gasteiger charge is 2.33. The Morgan fingerprint density at radius 1 is 1.41 bits per heavy atom. The summed E-state index contributed by atoms with van der Waals surface area (Å²) in [6, 6.07) is 1.93. The van der Waals surface area contributed by atoms with Gasteiger partial charge >= 0.3 is 0 Å². The second kappa shape index (κ2) is 7.38. The summed E-state index contributed by atoms with van der Waals surface area (Å²) >= 11 is 6.17. The molecule has 0 spiro atoms. The van der Waals surface area contributed by atoms with Gasteiger partial charge in [-0.1, -0.05) is 0 Å². The third-order valence-electron chi connectivity index (χ3n) is 5.77. The average Bonchev–Trinajstić information content (AvgIpc) is 2.99. The van der Waals surface area contributed by atoms with Gasteiger partial charge in [0.2, 0.25) is 0 Å². The van der Waals surface area contributed by atoms with E-state index in [-0.39, 0.29) is 22.6 Å². The van der Waals surface area contributed by atoms with Crippen molar-refractivity contribution in [3.05, 3.63) is 24.0 Å². The van der Waals surface area contributed by atoms with Crippen LogP contribution in [-0.2, 0) is 6.54 Å². The zero-order valence-corrected chi connectivity index (χ0v) is 17.7. The number of nitrogens with zero attached hydrogens (tertiary/aromatic N) is 5. The van der Waals surface area contributed by atoms with Crippen molar-refractivity contribution < 1.29 is 4.79 Å². The summed E-state index contributed by atoms with van der Waals surface area (Å²) < 4.78 is 1.65. The van der Waals surface area contributed by atoms with Crippen LogP contribution in [0.25, 0.3) is 0 Å². The van der Waals surface area contributed by atoms with Crippen molar-refractivity contribution in [2.45, 2.75) is 31.3 Å². The molecule has 1 unspecified atom stereocenters. The van der Waals surface area contributed by atoms with E-state index in [0.29, 0.717) is 30.2 Å². The zero-order chi connectivity index (χ0) is 20.8. The smallest absolute Gasteiger partial charge is 0.263 e. The molecule has 2 aliphatic rings. The number of halogens is 1. The normalized spacial score (nSPS) is 21.4. The predicted octanol–water partition coefficient (Wildman–Crippen LogP) is 1.68. The van der Waals surface area contributed by atoms with Gasteiger partial charge in [0, 0.05) is 37.9 Å². The van der Waals surface area contributed by atoms with E-state index in [4.69, 9.17) is 17.3 Å². The van der Waals surface area contributed by atoms with Gasteiger partial charge in [-0.05, 0) is 27.0 Å². The number of anilines is 4. The number of hydrogen-bond acceptors (Lipinski definition) is 7. The number of nitrogens with one attached hydrogen (secondary N) is 2. The Labute approximate surface area is 175 Å². The van der Waals surface area contributed by atoms with Crippen LogP contribution in [-0.4, -0.2) is 69.7 Å². The molecule has 10 heteroatoms. The Morgan fingerprint density at radius 2 is 2.21 bits per heavy atom. The van der Waals surface area contributed by atoms with E-state index < -0.39 is 0 Å². The van der Waals surface area contributed by atoms with Gasteiger partial charge in [-0.3, -0.25) is 14.7 Å². The topological polar surface area (TPSA) is 104 Å². The summed E-state index contributed by atoms with van der Waals surface area (Å²) in [5.41, 5.74) is 8.01. The third kappa shape index (κ3) is 3.72. The van der Waals surface area contributed by atoms with Gasteiger partial charge in [-0.2, -0.15) is 5.10 Å². The highest BCUT2D eigenvalue weighted by molar-refractivity contribution is 6.21. The molecule has 29 heavy (non-hydrogen) atoms. The van der Waals surface area contributed by atoms with Crippen molar-refractivity contribution in [3.63, 3.8) is 0 Å². The lowest BCUT2D eigenvalue weighted by atomic mass is 9.99. The summed E-state index contributed by atoms with van der Waals surface area (Å²) in [5.74, 6) is 0.469. The van der Waals surface area contributed by atoms with E-state index in [2.05, 4.69) is 51.4 Å². The molecule has 4 heterocycles. The summed E-state index contributed by atoms with van der Waals surface area (Å²) in [5, 5.41) is 10.3. The molecule has 156 valence electrons. The minimum absolute atomic E-state index is 0.0283. The molecule has 0 saturated carbocycles. The number of alkyl halides is 1. The van der Waals surface area contributed by atoms with Crippen LogP contribution in [0.3, 0.4) is 0 Å². The number of carbonyl (C=O) groups is 1. The molecule has 0 aromatic carbocycles. The Hall–Kier alpha value is -2.52. The zero-order valence-electron chi connectivity index (χ0n) is 16.9. The molecule has 1 fully saturated rings. The van der Waals surface area contributed by atoms with Crippen molar-refractivity contribution >= 4 is 40.5 Å². The number of nitrogen functional groups attached to an aromatic ring is 1. The standard InChI is InChI=1S/C19H27ClN8O/c1-19(2)11-27(7-6-26(19)3)14-4-5-22-9-13(14)24-18(29)15-16(21)25-28-10-12(20)8-23-17(15)28/h4-5,9,12,23H,6-8,10-11H2,1-3H3,(H2,21,25)(H,24,29). The quantitative estimate of drug-likeness (QED) is 0.651. The van der Waals surface area contributed by atoms with Gasteiger partial charge in [0.15, 0.2) is 5.82 Å². The lowest BCUT2D eigenvalue weighted by Gasteiger charge is -2.46. The van der Waals surface area contributed by atoms with Gasteiger partial charge in [0.1, 0.15) is 11.4 Å². The molecular weight excluding hydrogens is 392 g/mol. The van der Waals surface area contributed by atoms with Gasteiger partial charge in [0.25, 0.3) is 5.91 Å². The maximum absolute atomic E-state index is 13.1. The first-order valence-electron chi connectivity index (χ1n) is 9.72. The number of rotatable bonds is 3. The van der Waals surface area contributed by atoms with Gasteiger partial charge in [-0.25, -0.2) is 4.68 Å². The molecule has 4 N–H and O–H groups in total. The molecule has 1 atom stereocenters. The maximum atomic E-state index is 13.1. The van der Waals surface area contributed by atoms with Crippen molar-refractivity contribution in [1.29, 1.82) is 0 Å². The summed E-state index contributed by atoms with van der Waals surface area (Å²) in [6.45, 7) is 8.16. The first-order valence-corrected chi connectivity index (χ1v) is 10.2. The van der Waals surface area contributed by atoms with E-state index in [9.17, 15) is 4.79 Å². The first kappa shape index (κ1) is 19.8. The second-order valence-corrected chi connectivity index (χ2v) is 8.89. The SMILES string of the molecule is CN1CCN(c2ccncc2NC(=O)c2c(N)nn3c2NCC(Cl)C3)CC1(C)C. The van der Waals surface area contributed by atoms with E-state index in [1.807, 2.05) is 6.07 Å². The van der Waals surface area contributed by atoms with Crippen LogP contribution in [0.1, 0.15) is 24.2 Å². The predicted molar refractivity (Wildman–Crippen MR) is 116 cm³/mol. The minimum Gasteiger partial charge on any atom is -0.381 e. The third-order valence-corrected chi connectivity index (χ3v) is 6.06. The summed E-state index contributed by atoms with van der Waals surface area (Å²) in [7, 11) is 2.14. The van der Waals surface area contributed by atoms with Crippen LogP contribution in [0, 0.1) is 0 Å². The largest absolute Gasteiger partial charge is 0.381 e. The van der Waals surface area contributed by atoms with Gasteiger partial charge in [0.05, 0.1) is 29.5 Å². The minimum atomic E-state index is -0.313. The Balaban J connectivity index is 1.59. The molecule has 0 radical (unpaired) electrons. The highest BCUT2D eigenvalue weighted by atomic mass is 35.5. The van der Waals surface area contributed by atoms with E-state index >= 15 is 0 Å². The Morgan fingerprint density at radius 3 is 2.97 bits per heavy atom. The fraction of sp³-hybridized carbons (Fsp3) is 0.526. The second-order valence-electron chi connectivity index (χ2n) is 8.27. The number of fused-ring (bicyclic) bond motifs is 1. The fourth-order valence-corrected chi connectivity index (χ4v) is 4.07. The number of amides is 1. The lowest BCUT2D eigenvalue weighted by Crippen LogP contribution is -2.57. The van der Waals surface area contributed by atoms with Gasteiger partial charge < -0.3 is 21.3 Å². The average molecular weight is 419 g/mol. The van der Waals surface area contributed by atoms with Crippen LogP contribution in [0.2, 0.25) is 0 Å². The van der Waals surface area contributed by atoms with Crippen LogP contribution >= 0.6 is 11.6 Å². The molecule has 2 aromatic rings. The van der Waals surface area contributed by atoms with Gasteiger partial charge in [-0.15, -0.1) is 11.6 Å². The number of likely N-dealkylation sites (N-methyl/N-ethyl adjacent to an activating group) is 1. The number of piperazine rings is 1. The summed E-state index contributed by atoms with van der Waals surface area (Å²) in [4.78, 5) is 21.9. The number of hydrogen-bond donors (Lipinski definition) is 3. The Kier molecular flexibility index (Phi) is 5.04. The molecule has 2 aromatic heterocycles. The van der Waals surface area contributed by atoms with Crippen LogP contribution in [0.5, 0.6) is 0 Å². The van der Waals surface area contributed by atoms with E-state index in [0.717, 1.165) is 25.3 Å². The van der Waals surface area contributed by atoms with Crippen molar-refractivity contribution in [1.82, 2.24) is 19.7 Å². The number of pyridine rings is 1. The highest BCUT2D eigenvalue weighted by Crippen LogP contribution is 2.32.